The molecule has 0 saturated heterocycles. The van der Waals surface area contributed by atoms with Crippen LogP contribution in [0, 0.1) is 0 Å². The number of rotatable bonds is 4. The van der Waals surface area contributed by atoms with Crippen LogP contribution in [0.3, 0.4) is 0 Å². The lowest BCUT2D eigenvalue weighted by molar-refractivity contribution is 1.05. The second kappa shape index (κ2) is 9.18. The minimum absolute atomic E-state index is 0.542. The van der Waals surface area contributed by atoms with E-state index in [1.807, 2.05) is 48.5 Å². The van der Waals surface area contributed by atoms with Crippen LogP contribution in [0.5, 0.6) is 0 Å². The summed E-state index contributed by atoms with van der Waals surface area (Å²) in [4.78, 5) is 35.5. The molecular weight excluding hydrogens is 472 g/mol. The predicted octanol–water partition coefficient (Wildman–Crippen LogP) is 5.82. The fourth-order valence-electron chi connectivity index (χ4n) is 4.45. The van der Waals surface area contributed by atoms with Gasteiger partial charge in [0.1, 0.15) is 24.0 Å². The molecule has 0 aliphatic heterocycles. The molecule has 0 radical (unpaired) electrons. The molecule has 0 N–H and O–H groups in total. The number of fused-ring (bicyclic) bond motifs is 3. The molecule has 4 aromatic heterocycles. The van der Waals surface area contributed by atoms with Crippen molar-refractivity contribution in [2.45, 2.75) is 0 Å². The van der Waals surface area contributed by atoms with Crippen molar-refractivity contribution in [2.24, 2.45) is 0 Å². The highest BCUT2D eigenvalue weighted by Gasteiger charge is 2.11. The van der Waals surface area contributed by atoms with Crippen LogP contribution < -0.4 is 0 Å². The van der Waals surface area contributed by atoms with Crippen LogP contribution in [0.25, 0.3) is 67.4 Å². The molecule has 38 heavy (non-hydrogen) atoms. The van der Waals surface area contributed by atoms with Gasteiger partial charge in [0.2, 0.25) is 0 Å². The van der Waals surface area contributed by atoms with E-state index in [0.29, 0.717) is 34.7 Å². The highest BCUT2D eigenvalue weighted by Crippen LogP contribution is 2.31. The SMILES string of the molecule is c1ccc(-c2ncnc(-c3ccc4c(ccc5ccc(-c6ncnc(-c7ccccn7)n6)cc54)c3)n2)nc1. The Morgan fingerprint density at radius 1 is 0.395 bits per heavy atom. The maximum atomic E-state index is 4.67. The van der Waals surface area contributed by atoms with Gasteiger partial charge >= 0.3 is 0 Å². The van der Waals surface area contributed by atoms with Crippen LogP contribution in [0.2, 0.25) is 0 Å². The van der Waals surface area contributed by atoms with E-state index in [0.717, 1.165) is 32.7 Å². The van der Waals surface area contributed by atoms with Crippen LogP contribution in [-0.2, 0) is 0 Å². The number of hydrogen-bond donors (Lipinski definition) is 0. The Morgan fingerprint density at radius 3 is 1.58 bits per heavy atom. The van der Waals surface area contributed by atoms with Crippen LogP contribution in [-0.4, -0.2) is 39.9 Å². The fourth-order valence-corrected chi connectivity index (χ4v) is 4.45. The highest BCUT2D eigenvalue weighted by atomic mass is 15.0. The molecular formula is C30H18N8. The molecule has 0 aliphatic rings. The van der Waals surface area contributed by atoms with E-state index in [4.69, 9.17) is 0 Å². The summed E-state index contributed by atoms with van der Waals surface area (Å²) in [7, 11) is 0. The van der Waals surface area contributed by atoms with E-state index >= 15 is 0 Å². The quantitative estimate of drug-likeness (QED) is 0.284. The molecule has 178 valence electrons. The first-order chi connectivity index (χ1) is 18.8. The van der Waals surface area contributed by atoms with Crippen molar-refractivity contribution >= 4 is 21.5 Å². The highest BCUT2D eigenvalue weighted by molar-refractivity contribution is 6.09. The summed E-state index contributed by atoms with van der Waals surface area (Å²) in [6, 6.07) is 28.0. The van der Waals surface area contributed by atoms with Crippen molar-refractivity contribution in [3.63, 3.8) is 0 Å². The van der Waals surface area contributed by atoms with Gasteiger partial charge in [-0.15, -0.1) is 0 Å². The zero-order valence-electron chi connectivity index (χ0n) is 20.0. The molecule has 4 heterocycles. The molecule has 0 unspecified atom stereocenters. The summed E-state index contributed by atoms with van der Waals surface area (Å²) in [5, 5.41) is 4.43. The van der Waals surface area contributed by atoms with Crippen LogP contribution in [0.15, 0.2) is 110 Å². The number of pyridine rings is 2. The minimum Gasteiger partial charge on any atom is -0.253 e. The van der Waals surface area contributed by atoms with E-state index in [1.54, 1.807) is 12.4 Å². The molecule has 7 aromatic rings. The number of nitrogens with zero attached hydrogens (tertiary/aromatic N) is 8. The zero-order valence-corrected chi connectivity index (χ0v) is 20.0. The van der Waals surface area contributed by atoms with Crippen molar-refractivity contribution in [3.8, 4) is 45.8 Å². The van der Waals surface area contributed by atoms with E-state index in [-0.39, 0.29) is 0 Å². The lowest BCUT2D eigenvalue weighted by Crippen LogP contribution is -1.97. The molecule has 8 heteroatoms. The topological polar surface area (TPSA) is 103 Å². The zero-order chi connectivity index (χ0) is 25.3. The average molecular weight is 491 g/mol. The standard InChI is InChI=1S/C30H18N8/c1-3-13-31-25(5-1)29-35-17-33-27(37-29)21-11-12-23-20(15-21)9-7-19-8-10-22(16-24(19)23)28-34-18-36-30(38-28)26-6-2-4-14-32-26/h1-18H. The van der Waals surface area contributed by atoms with Crippen LogP contribution >= 0.6 is 0 Å². The van der Waals surface area contributed by atoms with Gasteiger partial charge in [0.15, 0.2) is 23.3 Å². The van der Waals surface area contributed by atoms with Gasteiger partial charge < -0.3 is 0 Å². The third-order valence-electron chi connectivity index (χ3n) is 6.29. The summed E-state index contributed by atoms with van der Waals surface area (Å²) in [6.07, 6.45) is 6.51. The molecule has 0 aliphatic carbocycles. The van der Waals surface area contributed by atoms with E-state index in [2.05, 4.69) is 76.3 Å². The molecule has 0 atom stereocenters. The Bertz CT molecular complexity index is 1920. The maximum Gasteiger partial charge on any atom is 0.181 e. The first kappa shape index (κ1) is 21.8. The van der Waals surface area contributed by atoms with Crippen LogP contribution in [0.4, 0.5) is 0 Å². The van der Waals surface area contributed by atoms with Gasteiger partial charge in [-0.25, -0.2) is 29.9 Å². The van der Waals surface area contributed by atoms with Gasteiger partial charge in [0.25, 0.3) is 0 Å². The summed E-state index contributed by atoms with van der Waals surface area (Å²) >= 11 is 0. The third-order valence-corrected chi connectivity index (χ3v) is 6.29. The number of aromatic nitrogens is 8. The Labute approximate surface area is 217 Å². The fraction of sp³-hybridized carbons (Fsp3) is 0. The van der Waals surface area contributed by atoms with Gasteiger partial charge in [-0.05, 0) is 57.9 Å². The Morgan fingerprint density at radius 2 is 0.947 bits per heavy atom. The third kappa shape index (κ3) is 4.00. The maximum absolute atomic E-state index is 4.67. The Balaban J connectivity index is 1.30. The first-order valence-corrected chi connectivity index (χ1v) is 12.0. The molecule has 7 rings (SSSR count). The summed E-state index contributed by atoms with van der Waals surface area (Å²) in [5.41, 5.74) is 3.23. The van der Waals surface area contributed by atoms with Crippen molar-refractivity contribution in [2.75, 3.05) is 0 Å². The van der Waals surface area contributed by atoms with Gasteiger partial charge in [0.05, 0.1) is 0 Å². The monoisotopic (exact) mass is 490 g/mol. The molecule has 0 amide bonds. The van der Waals surface area contributed by atoms with Crippen molar-refractivity contribution in [1.29, 1.82) is 0 Å². The molecule has 3 aromatic carbocycles. The average Bonchev–Trinajstić information content (AvgIpc) is 3.01. The first-order valence-electron chi connectivity index (χ1n) is 12.0. The lowest BCUT2D eigenvalue weighted by atomic mass is 9.98. The van der Waals surface area contributed by atoms with Gasteiger partial charge in [0, 0.05) is 23.5 Å². The van der Waals surface area contributed by atoms with Crippen molar-refractivity contribution < 1.29 is 0 Å². The second-order valence-corrected chi connectivity index (χ2v) is 8.63. The molecule has 0 bridgehead atoms. The largest absolute Gasteiger partial charge is 0.253 e. The molecule has 0 saturated carbocycles. The second-order valence-electron chi connectivity index (χ2n) is 8.63. The van der Waals surface area contributed by atoms with Gasteiger partial charge in [-0.3, -0.25) is 9.97 Å². The van der Waals surface area contributed by atoms with Crippen molar-refractivity contribution in [1.82, 2.24) is 39.9 Å². The Hall–Kier alpha value is -5.50. The van der Waals surface area contributed by atoms with E-state index in [1.165, 1.54) is 12.7 Å². The van der Waals surface area contributed by atoms with Crippen LogP contribution in [0.1, 0.15) is 0 Å². The normalized spacial score (nSPS) is 11.2. The summed E-state index contributed by atoms with van der Waals surface area (Å²) in [6.45, 7) is 0. The van der Waals surface area contributed by atoms with Gasteiger partial charge in [-0.1, -0.05) is 48.5 Å². The predicted molar refractivity (Wildman–Crippen MR) is 146 cm³/mol. The van der Waals surface area contributed by atoms with E-state index < -0.39 is 0 Å². The number of benzene rings is 3. The summed E-state index contributed by atoms with van der Waals surface area (Å²) < 4.78 is 0. The number of hydrogen-bond acceptors (Lipinski definition) is 8. The smallest absolute Gasteiger partial charge is 0.181 e. The van der Waals surface area contributed by atoms with Gasteiger partial charge in [-0.2, -0.15) is 0 Å². The molecule has 8 nitrogen and oxygen atoms in total. The van der Waals surface area contributed by atoms with E-state index in [9.17, 15) is 0 Å². The Kier molecular flexibility index (Phi) is 5.26. The lowest BCUT2D eigenvalue weighted by Gasteiger charge is -2.09. The summed E-state index contributed by atoms with van der Waals surface area (Å²) in [5.74, 6) is 2.29. The minimum atomic E-state index is 0.542. The van der Waals surface area contributed by atoms with Crippen molar-refractivity contribution in [3.05, 3.63) is 110 Å². The molecule has 0 fully saturated rings. The molecule has 0 spiro atoms.